The number of carbonyl (C=O) groups excluding carboxylic acids is 1. The number of pyridine rings is 1. The van der Waals surface area contributed by atoms with Crippen molar-refractivity contribution in [1.82, 2.24) is 4.57 Å². The molecule has 1 aromatic carbocycles. The molecular weight excluding hydrogens is 209 g/mol. The predicted molar refractivity (Wildman–Crippen MR) is 57.4 cm³/mol. The summed E-state index contributed by atoms with van der Waals surface area (Å²) >= 11 is 0. The number of aromatic nitrogens is 1. The maximum atomic E-state index is 12.7. The molecule has 2 aromatic rings. The summed E-state index contributed by atoms with van der Waals surface area (Å²) in [5.41, 5.74) is 0.186. The molecule has 4 heteroatoms. The Labute approximate surface area is 90.8 Å². The van der Waals surface area contributed by atoms with E-state index in [9.17, 15) is 14.0 Å². The Morgan fingerprint density at radius 2 is 1.81 bits per heavy atom. The van der Waals surface area contributed by atoms with Crippen molar-refractivity contribution in [2.24, 2.45) is 0 Å². The Hall–Kier alpha value is -2.23. The highest BCUT2D eigenvalue weighted by Crippen LogP contribution is 2.06. The summed E-state index contributed by atoms with van der Waals surface area (Å²) in [4.78, 5) is 22.3. The van der Waals surface area contributed by atoms with Crippen molar-refractivity contribution in [3.63, 3.8) is 0 Å². The van der Waals surface area contributed by atoms with Crippen molar-refractivity contribution in [3.05, 3.63) is 64.3 Å². The summed E-state index contributed by atoms with van der Waals surface area (Å²) < 4.78 is 14.0. The normalized spacial score (nSPS) is 10.1. The Kier molecular flexibility index (Phi) is 2.64. The van der Waals surface area contributed by atoms with Crippen LogP contribution in [0, 0.1) is 5.82 Å². The highest BCUT2D eigenvalue weighted by molar-refractivity contribution is 5.74. The summed E-state index contributed by atoms with van der Waals surface area (Å²) in [6.45, 7) is 0. The predicted octanol–water partition coefficient (Wildman–Crippen LogP) is 1.79. The minimum absolute atomic E-state index is 0.0758. The molecule has 0 amide bonds. The van der Waals surface area contributed by atoms with E-state index in [1.54, 1.807) is 6.07 Å². The van der Waals surface area contributed by atoms with Crippen LogP contribution in [0.4, 0.5) is 4.39 Å². The van der Waals surface area contributed by atoms with Crippen LogP contribution in [0.3, 0.4) is 0 Å². The summed E-state index contributed by atoms with van der Waals surface area (Å²) in [7, 11) is 0. The number of carbonyl (C=O) groups is 1. The number of hydrogen-bond donors (Lipinski definition) is 0. The molecule has 0 atom stereocenters. The van der Waals surface area contributed by atoms with Crippen molar-refractivity contribution in [1.29, 1.82) is 0 Å². The largest absolute Gasteiger partial charge is 0.298 e. The van der Waals surface area contributed by atoms with E-state index in [4.69, 9.17) is 0 Å². The van der Waals surface area contributed by atoms with Crippen LogP contribution in [0.2, 0.25) is 0 Å². The first-order chi connectivity index (χ1) is 7.72. The van der Waals surface area contributed by atoms with Crippen LogP contribution in [0.25, 0.3) is 5.69 Å². The maximum Gasteiger partial charge on any atom is 0.265 e. The van der Waals surface area contributed by atoms with Gasteiger partial charge in [-0.15, -0.1) is 0 Å². The van der Waals surface area contributed by atoms with Gasteiger partial charge < -0.3 is 0 Å². The molecule has 0 unspecified atom stereocenters. The Bertz CT molecular complexity index is 572. The quantitative estimate of drug-likeness (QED) is 0.719. The van der Waals surface area contributed by atoms with Crippen LogP contribution in [-0.4, -0.2) is 10.9 Å². The lowest BCUT2D eigenvalue weighted by molar-refractivity contribution is 0.112. The Balaban J connectivity index is 2.60. The first kappa shape index (κ1) is 10.3. The second-order valence-corrected chi connectivity index (χ2v) is 3.23. The third-order valence-electron chi connectivity index (χ3n) is 2.21. The van der Waals surface area contributed by atoms with Crippen LogP contribution in [0.1, 0.15) is 10.4 Å². The van der Waals surface area contributed by atoms with E-state index in [1.807, 2.05) is 0 Å². The number of benzene rings is 1. The fraction of sp³-hybridized carbons (Fsp3) is 0. The van der Waals surface area contributed by atoms with Crippen LogP contribution >= 0.6 is 0 Å². The average molecular weight is 217 g/mol. The molecule has 80 valence electrons. The number of halogens is 1. The lowest BCUT2D eigenvalue weighted by Gasteiger charge is -2.05. The first-order valence-corrected chi connectivity index (χ1v) is 4.65. The summed E-state index contributed by atoms with van der Waals surface area (Å²) in [5, 5.41) is 0. The highest BCUT2D eigenvalue weighted by atomic mass is 19.1. The van der Waals surface area contributed by atoms with Crippen LogP contribution in [-0.2, 0) is 0 Å². The smallest absolute Gasteiger partial charge is 0.265 e. The van der Waals surface area contributed by atoms with Gasteiger partial charge in [0.25, 0.3) is 5.56 Å². The SMILES string of the molecule is O=Cc1cccn(-c2ccc(F)cc2)c1=O. The summed E-state index contributed by atoms with van der Waals surface area (Å²) in [5.74, 6) is -0.372. The third kappa shape index (κ3) is 1.77. The maximum absolute atomic E-state index is 12.7. The molecule has 0 aliphatic heterocycles. The van der Waals surface area contributed by atoms with Gasteiger partial charge in [0.15, 0.2) is 6.29 Å². The zero-order valence-electron chi connectivity index (χ0n) is 8.26. The minimum Gasteiger partial charge on any atom is -0.298 e. The fourth-order valence-electron chi connectivity index (χ4n) is 1.41. The van der Waals surface area contributed by atoms with Gasteiger partial charge in [0, 0.05) is 11.9 Å². The lowest BCUT2D eigenvalue weighted by Crippen LogP contribution is -2.20. The molecule has 0 radical (unpaired) electrons. The summed E-state index contributed by atoms with van der Waals surface area (Å²) in [6, 6.07) is 8.51. The molecule has 0 aliphatic rings. The van der Waals surface area contributed by atoms with Crippen molar-refractivity contribution < 1.29 is 9.18 Å². The van der Waals surface area contributed by atoms with Gasteiger partial charge in [-0.1, -0.05) is 0 Å². The monoisotopic (exact) mass is 217 g/mol. The molecule has 0 saturated heterocycles. The van der Waals surface area contributed by atoms with Gasteiger partial charge in [0.2, 0.25) is 0 Å². The molecule has 3 nitrogen and oxygen atoms in total. The number of hydrogen-bond acceptors (Lipinski definition) is 2. The van der Waals surface area contributed by atoms with E-state index in [0.29, 0.717) is 12.0 Å². The molecule has 0 N–H and O–H groups in total. The minimum atomic E-state index is -0.413. The molecule has 0 fully saturated rings. The van der Waals surface area contributed by atoms with Crippen LogP contribution in [0.15, 0.2) is 47.4 Å². The van der Waals surface area contributed by atoms with Crippen molar-refractivity contribution in [3.8, 4) is 5.69 Å². The second kappa shape index (κ2) is 4.10. The first-order valence-electron chi connectivity index (χ1n) is 4.65. The van der Waals surface area contributed by atoms with Crippen LogP contribution < -0.4 is 5.56 Å². The molecule has 0 bridgehead atoms. The molecule has 0 saturated carbocycles. The third-order valence-corrected chi connectivity index (χ3v) is 2.21. The number of rotatable bonds is 2. The molecule has 2 rings (SSSR count). The molecule has 16 heavy (non-hydrogen) atoms. The van der Waals surface area contributed by atoms with Crippen molar-refractivity contribution >= 4 is 6.29 Å². The summed E-state index contributed by atoms with van der Waals surface area (Å²) in [6.07, 6.45) is 2.03. The topological polar surface area (TPSA) is 39.1 Å². The Morgan fingerprint density at radius 3 is 2.44 bits per heavy atom. The number of nitrogens with zero attached hydrogens (tertiary/aromatic N) is 1. The van der Waals surface area contributed by atoms with E-state index >= 15 is 0 Å². The highest BCUT2D eigenvalue weighted by Gasteiger charge is 2.03. The van der Waals surface area contributed by atoms with Crippen molar-refractivity contribution in [2.45, 2.75) is 0 Å². The molecule has 1 aromatic heterocycles. The average Bonchev–Trinajstić information content (AvgIpc) is 2.31. The van der Waals surface area contributed by atoms with E-state index in [-0.39, 0.29) is 11.4 Å². The van der Waals surface area contributed by atoms with Gasteiger partial charge >= 0.3 is 0 Å². The molecule has 0 spiro atoms. The van der Waals surface area contributed by atoms with Gasteiger partial charge in [-0.2, -0.15) is 0 Å². The zero-order valence-corrected chi connectivity index (χ0v) is 8.26. The lowest BCUT2D eigenvalue weighted by atomic mass is 10.2. The van der Waals surface area contributed by atoms with Crippen molar-refractivity contribution in [2.75, 3.05) is 0 Å². The van der Waals surface area contributed by atoms with Gasteiger partial charge in [-0.25, -0.2) is 4.39 Å². The fourth-order valence-corrected chi connectivity index (χ4v) is 1.41. The van der Waals surface area contributed by atoms with E-state index in [1.165, 1.54) is 41.1 Å². The van der Waals surface area contributed by atoms with Crippen LogP contribution in [0.5, 0.6) is 0 Å². The van der Waals surface area contributed by atoms with Gasteiger partial charge in [-0.3, -0.25) is 14.2 Å². The Morgan fingerprint density at radius 1 is 1.12 bits per heavy atom. The standard InChI is InChI=1S/C12H8FNO2/c13-10-3-5-11(6-4-10)14-7-1-2-9(8-15)12(14)16/h1-8H. The van der Waals surface area contributed by atoms with Gasteiger partial charge in [-0.05, 0) is 36.4 Å². The molecular formula is C12H8FNO2. The molecule has 0 aliphatic carbocycles. The van der Waals surface area contributed by atoms with E-state index in [0.717, 1.165) is 0 Å². The number of aldehydes is 1. The van der Waals surface area contributed by atoms with E-state index in [2.05, 4.69) is 0 Å². The van der Waals surface area contributed by atoms with Gasteiger partial charge in [0.1, 0.15) is 5.82 Å². The van der Waals surface area contributed by atoms with Gasteiger partial charge in [0.05, 0.1) is 5.56 Å². The molecule has 1 heterocycles. The second-order valence-electron chi connectivity index (χ2n) is 3.23. The van der Waals surface area contributed by atoms with E-state index < -0.39 is 5.56 Å². The zero-order chi connectivity index (χ0) is 11.5.